The van der Waals surface area contributed by atoms with Gasteiger partial charge in [0.15, 0.2) is 5.82 Å². The minimum atomic E-state index is -0.260. The number of anilines is 2. The maximum atomic E-state index is 11.7. The number of benzene rings is 1. The number of hydrogen-bond donors (Lipinski definition) is 2. The van der Waals surface area contributed by atoms with Gasteiger partial charge in [-0.2, -0.15) is 0 Å². The SMILES string of the molecule is Cc1cc(NC(=O)CNc2cccc(Cl)c2Cl)no1. The van der Waals surface area contributed by atoms with Crippen LogP contribution in [0.3, 0.4) is 0 Å². The Kier molecular flexibility index (Phi) is 4.29. The lowest BCUT2D eigenvalue weighted by atomic mass is 10.3. The highest BCUT2D eigenvalue weighted by molar-refractivity contribution is 6.43. The van der Waals surface area contributed by atoms with Crippen LogP contribution in [0, 0.1) is 6.92 Å². The van der Waals surface area contributed by atoms with Gasteiger partial charge in [0.05, 0.1) is 22.3 Å². The highest BCUT2D eigenvalue weighted by atomic mass is 35.5. The molecule has 19 heavy (non-hydrogen) atoms. The second-order valence-corrected chi connectivity index (χ2v) is 4.61. The van der Waals surface area contributed by atoms with E-state index in [1.54, 1.807) is 31.2 Å². The van der Waals surface area contributed by atoms with E-state index in [0.717, 1.165) is 0 Å². The van der Waals surface area contributed by atoms with Crippen molar-refractivity contribution in [3.05, 3.63) is 40.1 Å². The van der Waals surface area contributed by atoms with Crippen molar-refractivity contribution in [2.75, 3.05) is 17.2 Å². The Morgan fingerprint density at radius 2 is 2.21 bits per heavy atom. The normalized spacial score (nSPS) is 10.3. The van der Waals surface area contributed by atoms with E-state index in [4.69, 9.17) is 27.7 Å². The Morgan fingerprint density at radius 1 is 1.42 bits per heavy atom. The van der Waals surface area contributed by atoms with Gasteiger partial charge in [0.1, 0.15) is 5.76 Å². The van der Waals surface area contributed by atoms with Gasteiger partial charge in [0.2, 0.25) is 5.91 Å². The van der Waals surface area contributed by atoms with Crippen molar-refractivity contribution in [3.63, 3.8) is 0 Å². The highest BCUT2D eigenvalue weighted by Gasteiger charge is 2.08. The summed E-state index contributed by atoms with van der Waals surface area (Å²) < 4.78 is 4.84. The molecule has 2 N–H and O–H groups in total. The van der Waals surface area contributed by atoms with Crippen LogP contribution in [-0.2, 0) is 4.79 Å². The molecule has 0 saturated heterocycles. The molecule has 7 heteroatoms. The molecule has 0 saturated carbocycles. The summed E-state index contributed by atoms with van der Waals surface area (Å²) in [7, 11) is 0. The Balaban J connectivity index is 1.91. The van der Waals surface area contributed by atoms with Gasteiger partial charge in [-0.05, 0) is 19.1 Å². The Hall–Kier alpha value is -1.72. The maximum absolute atomic E-state index is 11.7. The number of carbonyl (C=O) groups is 1. The fourth-order valence-electron chi connectivity index (χ4n) is 1.43. The molecule has 0 radical (unpaired) electrons. The van der Waals surface area contributed by atoms with Crippen molar-refractivity contribution in [1.29, 1.82) is 0 Å². The zero-order valence-corrected chi connectivity index (χ0v) is 11.5. The summed E-state index contributed by atoms with van der Waals surface area (Å²) in [5.41, 5.74) is 0.598. The van der Waals surface area contributed by atoms with E-state index < -0.39 is 0 Å². The summed E-state index contributed by atoms with van der Waals surface area (Å²) in [4.78, 5) is 11.7. The molecule has 1 aromatic carbocycles. The van der Waals surface area contributed by atoms with Crippen molar-refractivity contribution in [2.45, 2.75) is 6.92 Å². The first-order valence-electron chi connectivity index (χ1n) is 5.47. The summed E-state index contributed by atoms with van der Waals surface area (Å²) in [6, 6.07) is 6.79. The number of nitrogens with one attached hydrogen (secondary N) is 2. The molecule has 2 rings (SSSR count). The molecule has 1 heterocycles. The number of rotatable bonds is 4. The highest BCUT2D eigenvalue weighted by Crippen LogP contribution is 2.29. The van der Waals surface area contributed by atoms with Gasteiger partial charge in [0.25, 0.3) is 0 Å². The quantitative estimate of drug-likeness (QED) is 0.908. The van der Waals surface area contributed by atoms with Gasteiger partial charge in [-0.3, -0.25) is 4.79 Å². The first-order chi connectivity index (χ1) is 9.06. The lowest BCUT2D eigenvalue weighted by Gasteiger charge is -2.08. The largest absolute Gasteiger partial charge is 0.375 e. The van der Waals surface area contributed by atoms with Crippen molar-refractivity contribution in [1.82, 2.24) is 5.16 Å². The number of nitrogens with zero attached hydrogens (tertiary/aromatic N) is 1. The van der Waals surface area contributed by atoms with Gasteiger partial charge in [-0.25, -0.2) is 0 Å². The molecule has 5 nitrogen and oxygen atoms in total. The molecule has 0 atom stereocenters. The van der Waals surface area contributed by atoms with Gasteiger partial charge in [-0.15, -0.1) is 0 Å². The Bertz CT molecular complexity index is 598. The molecular formula is C12H11Cl2N3O2. The lowest BCUT2D eigenvalue weighted by Crippen LogP contribution is -2.22. The average molecular weight is 300 g/mol. The number of hydrogen-bond acceptors (Lipinski definition) is 4. The van der Waals surface area contributed by atoms with Crippen molar-refractivity contribution in [2.24, 2.45) is 0 Å². The van der Waals surface area contributed by atoms with Crippen LogP contribution in [0.5, 0.6) is 0 Å². The molecule has 2 aromatic rings. The van der Waals surface area contributed by atoms with E-state index in [-0.39, 0.29) is 12.5 Å². The van der Waals surface area contributed by atoms with E-state index in [2.05, 4.69) is 15.8 Å². The summed E-state index contributed by atoms with van der Waals surface area (Å²) >= 11 is 11.9. The van der Waals surface area contributed by atoms with E-state index >= 15 is 0 Å². The molecule has 0 aliphatic heterocycles. The van der Waals surface area contributed by atoms with Gasteiger partial charge < -0.3 is 15.2 Å². The fraction of sp³-hybridized carbons (Fsp3) is 0.167. The maximum Gasteiger partial charge on any atom is 0.244 e. The Labute approximate surface area is 119 Å². The van der Waals surface area contributed by atoms with E-state index in [1.165, 1.54) is 0 Å². The van der Waals surface area contributed by atoms with E-state index in [9.17, 15) is 4.79 Å². The van der Waals surface area contributed by atoms with Crippen LogP contribution in [0.4, 0.5) is 11.5 Å². The zero-order chi connectivity index (χ0) is 13.8. The summed E-state index contributed by atoms with van der Waals surface area (Å²) in [6.45, 7) is 1.79. The van der Waals surface area contributed by atoms with Gasteiger partial charge >= 0.3 is 0 Å². The summed E-state index contributed by atoms with van der Waals surface area (Å²) in [5, 5.41) is 9.95. The number of halogens is 2. The van der Waals surface area contributed by atoms with Crippen LogP contribution >= 0.6 is 23.2 Å². The molecule has 0 fully saturated rings. The third kappa shape index (κ3) is 3.62. The third-order valence-corrected chi connectivity index (χ3v) is 3.11. The van der Waals surface area contributed by atoms with Crippen LogP contribution in [-0.4, -0.2) is 17.6 Å². The monoisotopic (exact) mass is 299 g/mol. The number of carbonyl (C=O) groups excluding carboxylic acids is 1. The summed E-state index contributed by atoms with van der Waals surface area (Å²) in [6.07, 6.45) is 0. The average Bonchev–Trinajstić information content (AvgIpc) is 2.76. The molecule has 1 aromatic heterocycles. The number of amides is 1. The van der Waals surface area contributed by atoms with Crippen LogP contribution in [0.2, 0.25) is 10.0 Å². The van der Waals surface area contributed by atoms with Crippen molar-refractivity contribution < 1.29 is 9.32 Å². The van der Waals surface area contributed by atoms with Crippen molar-refractivity contribution >= 4 is 40.6 Å². The molecular weight excluding hydrogens is 289 g/mol. The van der Waals surface area contributed by atoms with Crippen molar-refractivity contribution in [3.8, 4) is 0 Å². The van der Waals surface area contributed by atoms with Gasteiger partial charge in [0, 0.05) is 6.07 Å². The molecule has 1 amide bonds. The van der Waals surface area contributed by atoms with E-state index in [0.29, 0.717) is 27.3 Å². The predicted octanol–water partition coefficient (Wildman–Crippen LogP) is 3.34. The molecule has 100 valence electrons. The molecule has 0 spiro atoms. The first-order valence-corrected chi connectivity index (χ1v) is 6.23. The number of aryl methyl sites for hydroxylation is 1. The minimum Gasteiger partial charge on any atom is -0.375 e. The molecule has 0 unspecified atom stereocenters. The minimum absolute atomic E-state index is 0.0476. The smallest absolute Gasteiger partial charge is 0.244 e. The summed E-state index contributed by atoms with van der Waals surface area (Å²) in [5.74, 6) is 0.743. The van der Waals surface area contributed by atoms with Gasteiger partial charge in [-0.1, -0.05) is 34.4 Å². The van der Waals surface area contributed by atoms with Crippen LogP contribution in [0.15, 0.2) is 28.8 Å². The van der Waals surface area contributed by atoms with Crippen LogP contribution in [0.1, 0.15) is 5.76 Å². The van der Waals surface area contributed by atoms with Crippen LogP contribution in [0.25, 0.3) is 0 Å². The third-order valence-electron chi connectivity index (χ3n) is 2.29. The second-order valence-electron chi connectivity index (χ2n) is 3.83. The second kappa shape index (κ2) is 5.95. The molecule has 0 aliphatic rings. The molecule has 0 aliphatic carbocycles. The fourth-order valence-corrected chi connectivity index (χ4v) is 1.80. The van der Waals surface area contributed by atoms with Crippen LogP contribution < -0.4 is 10.6 Å². The molecule has 0 bridgehead atoms. The van der Waals surface area contributed by atoms with E-state index in [1.807, 2.05) is 0 Å². The predicted molar refractivity (Wildman–Crippen MR) is 74.8 cm³/mol. The number of aromatic nitrogens is 1. The first kappa shape index (κ1) is 13.7. The lowest BCUT2D eigenvalue weighted by molar-refractivity contribution is -0.114. The standard InChI is InChI=1S/C12H11Cl2N3O2/c1-7-5-10(17-19-7)16-11(18)6-15-9-4-2-3-8(13)12(9)14/h2-5,15H,6H2,1H3,(H,16,17,18). The zero-order valence-electron chi connectivity index (χ0n) is 10.0. The Morgan fingerprint density at radius 3 is 2.89 bits per heavy atom. The topological polar surface area (TPSA) is 67.2 Å².